The predicted octanol–water partition coefficient (Wildman–Crippen LogP) is 3.10. The number of hydrogen-bond donors (Lipinski definition) is 1. The maximum atomic E-state index is 12.1. The topological polar surface area (TPSA) is 59.3 Å². The van der Waals surface area contributed by atoms with Crippen LogP contribution in [0.4, 0.5) is 0 Å². The van der Waals surface area contributed by atoms with Crippen LogP contribution in [-0.4, -0.2) is 11.9 Å². The van der Waals surface area contributed by atoms with E-state index in [0.29, 0.717) is 11.5 Å². The molecule has 1 aromatic heterocycles. The van der Waals surface area contributed by atoms with Crippen molar-refractivity contribution in [3.63, 3.8) is 0 Å². The minimum absolute atomic E-state index is 0.151. The van der Waals surface area contributed by atoms with Crippen molar-refractivity contribution in [2.75, 3.05) is 0 Å². The number of hydrogen-bond acceptors (Lipinski definition) is 3. The second-order valence-corrected chi connectivity index (χ2v) is 5.99. The Labute approximate surface area is 120 Å². The molecule has 5 heteroatoms. The smallest absolute Gasteiger partial charge is 0.350 e. The first-order chi connectivity index (χ1) is 9.08. The van der Waals surface area contributed by atoms with E-state index in [1.807, 2.05) is 6.92 Å². The van der Waals surface area contributed by atoms with Crippen LogP contribution in [0.5, 0.6) is 0 Å². The molecule has 0 bridgehead atoms. The summed E-state index contributed by atoms with van der Waals surface area (Å²) in [5.74, 6) is 0.361. The van der Waals surface area contributed by atoms with E-state index in [-0.39, 0.29) is 16.4 Å². The molecule has 0 spiro atoms. The van der Waals surface area contributed by atoms with Crippen molar-refractivity contribution in [3.05, 3.63) is 32.8 Å². The Morgan fingerprint density at radius 2 is 2.11 bits per heavy atom. The van der Waals surface area contributed by atoms with E-state index in [1.165, 1.54) is 44.4 Å². The Kier molecular flexibility index (Phi) is 4.80. The molecule has 1 fully saturated rings. The minimum atomic E-state index is -0.475. The molecule has 4 nitrogen and oxygen atoms in total. The van der Waals surface area contributed by atoms with Crippen molar-refractivity contribution in [1.29, 1.82) is 0 Å². The molecule has 104 valence electrons. The third-order valence-corrected chi connectivity index (χ3v) is 4.30. The highest BCUT2D eigenvalue weighted by Crippen LogP contribution is 2.26. The highest BCUT2D eigenvalue weighted by atomic mass is 79.9. The molecule has 1 atom stereocenters. The second-order valence-electron chi connectivity index (χ2n) is 5.13. The summed E-state index contributed by atoms with van der Waals surface area (Å²) in [6, 6.07) is 1.65. The van der Waals surface area contributed by atoms with Gasteiger partial charge >= 0.3 is 5.63 Å². The zero-order chi connectivity index (χ0) is 13.8. The summed E-state index contributed by atoms with van der Waals surface area (Å²) in [6.45, 7) is 2.04. The molecule has 0 radical (unpaired) electrons. The molecule has 2 rings (SSSR count). The lowest BCUT2D eigenvalue weighted by atomic mass is 9.84. The predicted molar refractivity (Wildman–Crippen MR) is 76.2 cm³/mol. The molecule has 1 aromatic rings. The molecule has 19 heavy (non-hydrogen) atoms. The molecule has 1 saturated carbocycles. The normalized spacial score (nSPS) is 18.0. The molecule has 0 aromatic carbocycles. The summed E-state index contributed by atoms with van der Waals surface area (Å²) in [4.78, 5) is 23.2. The SMILES string of the molecule is C[C@@H](NC(=O)c1coc(=O)c(Br)c1)C1CCCCC1. The first-order valence-electron chi connectivity index (χ1n) is 6.67. The van der Waals surface area contributed by atoms with Crippen molar-refractivity contribution >= 4 is 21.8 Å². The average molecular weight is 328 g/mol. The van der Waals surface area contributed by atoms with Crippen LogP contribution in [0.3, 0.4) is 0 Å². The molecule has 1 aliphatic rings. The molecule has 1 heterocycles. The zero-order valence-corrected chi connectivity index (χ0v) is 12.5. The van der Waals surface area contributed by atoms with E-state index >= 15 is 0 Å². The summed E-state index contributed by atoms with van der Waals surface area (Å²) >= 11 is 3.07. The van der Waals surface area contributed by atoms with Crippen LogP contribution in [0.1, 0.15) is 49.4 Å². The summed E-state index contributed by atoms with van der Waals surface area (Å²) in [7, 11) is 0. The number of halogens is 1. The van der Waals surface area contributed by atoms with Gasteiger partial charge in [-0.1, -0.05) is 19.3 Å². The van der Waals surface area contributed by atoms with Gasteiger partial charge in [0, 0.05) is 6.04 Å². The van der Waals surface area contributed by atoms with E-state index in [4.69, 9.17) is 4.42 Å². The van der Waals surface area contributed by atoms with Crippen LogP contribution in [0.2, 0.25) is 0 Å². The highest BCUT2D eigenvalue weighted by Gasteiger charge is 2.22. The Bertz CT molecular complexity index is 506. The maximum absolute atomic E-state index is 12.1. The van der Waals surface area contributed by atoms with Gasteiger partial charge in [0.05, 0.1) is 5.56 Å². The fourth-order valence-electron chi connectivity index (χ4n) is 2.56. The van der Waals surface area contributed by atoms with Gasteiger partial charge in [-0.2, -0.15) is 0 Å². The average Bonchev–Trinajstić information content (AvgIpc) is 2.42. The first kappa shape index (κ1) is 14.3. The maximum Gasteiger partial charge on any atom is 0.350 e. The monoisotopic (exact) mass is 327 g/mol. The largest absolute Gasteiger partial charge is 0.430 e. The fraction of sp³-hybridized carbons (Fsp3) is 0.571. The minimum Gasteiger partial charge on any atom is -0.430 e. The van der Waals surface area contributed by atoms with Crippen LogP contribution in [-0.2, 0) is 0 Å². The molecule has 1 N–H and O–H groups in total. The number of carbonyl (C=O) groups is 1. The van der Waals surface area contributed by atoms with E-state index < -0.39 is 5.63 Å². The van der Waals surface area contributed by atoms with Gasteiger partial charge in [-0.15, -0.1) is 0 Å². The van der Waals surface area contributed by atoms with Crippen LogP contribution in [0.15, 0.2) is 26.0 Å². The van der Waals surface area contributed by atoms with Crippen molar-refractivity contribution in [1.82, 2.24) is 5.32 Å². The number of amides is 1. The lowest BCUT2D eigenvalue weighted by Gasteiger charge is -2.28. The number of carbonyl (C=O) groups excluding carboxylic acids is 1. The Hall–Kier alpha value is -1.10. The van der Waals surface area contributed by atoms with Crippen LogP contribution >= 0.6 is 15.9 Å². The van der Waals surface area contributed by atoms with Crippen molar-refractivity contribution in [2.45, 2.75) is 45.1 Å². The summed E-state index contributed by atoms with van der Waals surface area (Å²) in [6.07, 6.45) is 7.35. The van der Waals surface area contributed by atoms with E-state index in [2.05, 4.69) is 21.2 Å². The summed E-state index contributed by atoms with van der Waals surface area (Å²) < 4.78 is 5.04. The molecular weight excluding hydrogens is 310 g/mol. The molecule has 0 aliphatic heterocycles. The van der Waals surface area contributed by atoms with E-state index in [9.17, 15) is 9.59 Å². The molecule has 1 aliphatic carbocycles. The van der Waals surface area contributed by atoms with Gasteiger partial charge in [-0.05, 0) is 47.7 Å². The third-order valence-electron chi connectivity index (χ3n) is 3.75. The first-order valence-corrected chi connectivity index (χ1v) is 7.46. The summed E-state index contributed by atoms with van der Waals surface area (Å²) in [5, 5.41) is 2.99. The van der Waals surface area contributed by atoms with Gasteiger partial charge in [-0.25, -0.2) is 4.79 Å². The number of nitrogens with one attached hydrogen (secondary N) is 1. The fourth-order valence-corrected chi connectivity index (χ4v) is 2.90. The lowest BCUT2D eigenvalue weighted by molar-refractivity contribution is 0.0916. The Morgan fingerprint density at radius 1 is 1.42 bits per heavy atom. The van der Waals surface area contributed by atoms with Crippen molar-refractivity contribution < 1.29 is 9.21 Å². The lowest BCUT2D eigenvalue weighted by Crippen LogP contribution is -2.39. The second kappa shape index (κ2) is 6.37. The third kappa shape index (κ3) is 3.69. The molecule has 1 amide bonds. The van der Waals surface area contributed by atoms with Gasteiger partial charge in [-0.3, -0.25) is 4.79 Å². The summed E-state index contributed by atoms with van der Waals surface area (Å²) in [5.41, 5.74) is -0.106. The van der Waals surface area contributed by atoms with Crippen LogP contribution < -0.4 is 10.9 Å². The van der Waals surface area contributed by atoms with Gasteiger partial charge in [0.25, 0.3) is 5.91 Å². The molecule has 0 unspecified atom stereocenters. The van der Waals surface area contributed by atoms with Crippen molar-refractivity contribution in [2.24, 2.45) is 5.92 Å². The highest BCUT2D eigenvalue weighted by molar-refractivity contribution is 9.10. The van der Waals surface area contributed by atoms with Gasteiger partial charge < -0.3 is 9.73 Å². The van der Waals surface area contributed by atoms with Gasteiger partial charge in [0.1, 0.15) is 10.7 Å². The zero-order valence-electron chi connectivity index (χ0n) is 10.9. The van der Waals surface area contributed by atoms with Crippen molar-refractivity contribution in [3.8, 4) is 0 Å². The van der Waals surface area contributed by atoms with Gasteiger partial charge in [0.2, 0.25) is 0 Å². The molecule has 0 saturated heterocycles. The van der Waals surface area contributed by atoms with Crippen LogP contribution in [0, 0.1) is 5.92 Å². The standard InChI is InChI=1S/C14H18BrNO3/c1-9(10-5-3-2-4-6-10)16-13(17)11-7-12(15)14(18)19-8-11/h7-10H,2-6H2,1H3,(H,16,17)/t9-/m1/s1. The molecular formula is C14H18BrNO3. The van der Waals surface area contributed by atoms with Gasteiger partial charge in [0.15, 0.2) is 0 Å². The Balaban J connectivity index is 1.99. The van der Waals surface area contributed by atoms with E-state index in [0.717, 1.165) is 0 Å². The van der Waals surface area contributed by atoms with Crippen LogP contribution in [0.25, 0.3) is 0 Å². The Morgan fingerprint density at radius 3 is 2.74 bits per heavy atom. The van der Waals surface area contributed by atoms with E-state index in [1.54, 1.807) is 0 Å². The quantitative estimate of drug-likeness (QED) is 0.927. The number of rotatable bonds is 3.